The summed E-state index contributed by atoms with van der Waals surface area (Å²) in [5, 5.41) is 5.83. The highest BCUT2D eigenvalue weighted by Gasteiger charge is 2.27. The molecular formula is C22H27BrClN5O4. The molecule has 3 rings (SSSR count). The number of carbonyl (C=O) groups is 3. The molecule has 1 aromatic heterocycles. The molecule has 1 saturated heterocycles. The molecule has 178 valence electrons. The zero-order chi connectivity index (χ0) is 24.3. The Balaban J connectivity index is 1.57. The van der Waals surface area contributed by atoms with E-state index in [2.05, 4.69) is 31.5 Å². The fourth-order valence-electron chi connectivity index (χ4n) is 3.42. The molecule has 0 bridgehead atoms. The number of alkyl carbamates (subject to hydrolysis) is 1. The number of aromatic nitrogens is 2. The Morgan fingerprint density at radius 3 is 2.42 bits per heavy atom. The number of halogens is 2. The average molecular weight is 541 g/mol. The van der Waals surface area contributed by atoms with E-state index in [1.165, 1.54) is 6.20 Å². The van der Waals surface area contributed by atoms with Crippen molar-refractivity contribution in [3.8, 4) is 0 Å². The van der Waals surface area contributed by atoms with Crippen LogP contribution < -0.4 is 10.6 Å². The van der Waals surface area contributed by atoms with E-state index in [0.717, 1.165) is 0 Å². The standard InChI is InChI=1S/C22H27BrClN5O4/c1-22(2,3)33-21(32)27-13-7-9-29(10-8-13)20(31)15-6-5-14(11-16(15)24)26-19(30)18-25-12-17(23)28(18)4/h5-6,11-13H,7-10H2,1-4H3,(H,26,30)(H,27,32). The molecule has 0 unspecified atom stereocenters. The summed E-state index contributed by atoms with van der Waals surface area (Å²) in [4.78, 5) is 43.1. The number of benzene rings is 1. The van der Waals surface area contributed by atoms with Crippen LogP contribution in [0.5, 0.6) is 0 Å². The van der Waals surface area contributed by atoms with E-state index in [1.807, 2.05) is 20.8 Å². The van der Waals surface area contributed by atoms with E-state index in [4.69, 9.17) is 16.3 Å². The first-order valence-corrected chi connectivity index (χ1v) is 11.7. The molecule has 0 spiro atoms. The summed E-state index contributed by atoms with van der Waals surface area (Å²) in [6.45, 7) is 6.41. The van der Waals surface area contributed by atoms with Gasteiger partial charge in [0, 0.05) is 31.9 Å². The Morgan fingerprint density at radius 2 is 1.88 bits per heavy atom. The number of anilines is 1. The minimum absolute atomic E-state index is 0.0527. The first kappa shape index (κ1) is 25.0. The highest BCUT2D eigenvalue weighted by Crippen LogP contribution is 2.24. The van der Waals surface area contributed by atoms with Crippen molar-refractivity contribution in [2.24, 2.45) is 7.05 Å². The van der Waals surface area contributed by atoms with Crippen LogP contribution in [-0.4, -0.2) is 57.1 Å². The number of piperidine rings is 1. The second kappa shape index (κ2) is 10.1. The maximum atomic E-state index is 13.0. The number of hydrogen-bond donors (Lipinski definition) is 2. The van der Waals surface area contributed by atoms with Crippen LogP contribution >= 0.6 is 27.5 Å². The highest BCUT2D eigenvalue weighted by atomic mass is 79.9. The van der Waals surface area contributed by atoms with Gasteiger partial charge in [-0.2, -0.15) is 0 Å². The smallest absolute Gasteiger partial charge is 0.407 e. The zero-order valence-electron chi connectivity index (χ0n) is 18.9. The Kier molecular flexibility index (Phi) is 7.69. The summed E-state index contributed by atoms with van der Waals surface area (Å²) < 4.78 is 7.57. The van der Waals surface area contributed by atoms with Crippen molar-refractivity contribution in [1.82, 2.24) is 19.8 Å². The number of imidazole rings is 1. The van der Waals surface area contributed by atoms with Crippen LogP contribution in [0.2, 0.25) is 5.02 Å². The van der Waals surface area contributed by atoms with Crippen molar-refractivity contribution in [3.63, 3.8) is 0 Å². The van der Waals surface area contributed by atoms with Gasteiger partial charge < -0.3 is 24.8 Å². The van der Waals surface area contributed by atoms with Gasteiger partial charge >= 0.3 is 6.09 Å². The van der Waals surface area contributed by atoms with Gasteiger partial charge in [0.1, 0.15) is 10.2 Å². The van der Waals surface area contributed by atoms with E-state index in [1.54, 1.807) is 34.7 Å². The summed E-state index contributed by atoms with van der Waals surface area (Å²) >= 11 is 9.67. The number of likely N-dealkylation sites (tertiary alicyclic amines) is 1. The third-order valence-electron chi connectivity index (χ3n) is 5.09. The third-order valence-corrected chi connectivity index (χ3v) is 6.14. The van der Waals surface area contributed by atoms with Crippen molar-refractivity contribution in [2.45, 2.75) is 45.3 Å². The summed E-state index contributed by atoms with van der Waals surface area (Å²) in [6.07, 6.45) is 2.33. The molecule has 2 N–H and O–H groups in total. The molecule has 1 aliphatic heterocycles. The molecule has 1 fully saturated rings. The fraction of sp³-hybridized carbons (Fsp3) is 0.455. The number of hydrogen-bond acceptors (Lipinski definition) is 5. The van der Waals surface area contributed by atoms with Gasteiger partial charge in [0.25, 0.3) is 11.8 Å². The monoisotopic (exact) mass is 539 g/mol. The van der Waals surface area contributed by atoms with Crippen LogP contribution in [-0.2, 0) is 11.8 Å². The lowest BCUT2D eigenvalue weighted by molar-refractivity contribution is 0.0473. The molecule has 11 heteroatoms. The zero-order valence-corrected chi connectivity index (χ0v) is 21.3. The fourth-order valence-corrected chi connectivity index (χ4v) is 3.96. The van der Waals surface area contributed by atoms with Gasteiger partial charge in [0.2, 0.25) is 0 Å². The molecular weight excluding hydrogens is 514 g/mol. The van der Waals surface area contributed by atoms with Gasteiger partial charge in [0.15, 0.2) is 5.82 Å². The minimum atomic E-state index is -0.558. The molecule has 1 aliphatic rings. The number of nitrogens with zero attached hydrogens (tertiary/aromatic N) is 3. The molecule has 9 nitrogen and oxygen atoms in total. The van der Waals surface area contributed by atoms with Gasteiger partial charge in [-0.15, -0.1) is 0 Å². The van der Waals surface area contributed by atoms with Gasteiger partial charge in [-0.05, 0) is 67.7 Å². The molecule has 3 amide bonds. The third kappa shape index (κ3) is 6.48. The normalized spacial score (nSPS) is 14.7. The molecule has 33 heavy (non-hydrogen) atoms. The lowest BCUT2D eigenvalue weighted by Gasteiger charge is -2.33. The first-order chi connectivity index (χ1) is 15.4. The quantitative estimate of drug-likeness (QED) is 0.604. The molecule has 0 atom stereocenters. The Morgan fingerprint density at radius 1 is 1.21 bits per heavy atom. The molecule has 2 aromatic rings. The summed E-state index contributed by atoms with van der Waals surface area (Å²) in [5.74, 6) is -0.347. The topological polar surface area (TPSA) is 106 Å². The van der Waals surface area contributed by atoms with Crippen molar-refractivity contribution in [1.29, 1.82) is 0 Å². The van der Waals surface area contributed by atoms with E-state index in [0.29, 0.717) is 41.8 Å². The Labute approximate surface area is 205 Å². The lowest BCUT2D eigenvalue weighted by atomic mass is 10.0. The molecule has 0 radical (unpaired) electrons. The van der Waals surface area contributed by atoms with Gasteiger partial charge in [-0.25, -0.2) is 9.78 Å². The number of nitrogens with one attached hydrogen (secondary N) is 2. The van der Waals surface area contributed by atoms with Crippen molar-refractivity contribution in [2.75, 3.05) is 18.4 Å². The molecule has 0 saturated carbocycles. The maximum Gasteiger partial charge on any atom is 0.407 e. The number of carbonyl (C=O) groups excluding carboxylic acids is 3. The lowest BCUT2D eigenvalue weighted by Crippen LogP contribution is -2.47. The maximum absolute atomic E-state index is 13.0. The summed E-state index contributed by atoms with van der Waals surface area (Å²) in [5.41, 5.74) is 0.256. The van der Waals surface area contributed by atoms with Crippen LogP contribution in [0.1, 0.15) is 54.6 Å². The summed E-state index contributed by atoms with van der Waals surface area (Å²) in [6, 6.07) is 4.72. The van der Waals surface area contributed by atoms with Crippen LogP contribution in [0.4, 0.5) is 10.5 Å². The van der Waals surface area contributed by atoms with Crippen LogP contribution in [0.25, 0.3) is 0 Å². The first-order valence-electron chi connectivity index (χ1n) is 10.5. The van der Waals surface area contributed by atoms with E-state index in [-0.39, 0.29) is 22.8 Å². The number of rotatable bonds is 4. The van der Waals surface area contributed by atoms with Crippen molar-refractivity contribution in [3.05, 3.63) is 45.4 Å². The minimum Gasteiger partial charge on any atom is -0.444 e. The Hall–Kier alpha value is -2.59. The van der Waals surface area contributed by atoms with Gasteiger partial charge in [-0.1, -0.05) is 11.6 Å². The highest BCUT2D eigenvalue weighted by molar-refractivity contribution is 9.10. The van der Waals surface area contributed by atoms with Crippen molar-refractivity contribution >= 4 is 51.1 Å². The van der Waals surface area contributed by atoms with Crippen LogP contribution in [0.3, 0.4) is 0 Å². The summed E-state index contributed by atoms with van der Waals surface area (Å²) in [7, 11) is 1.72. The number of ether oxygens (including phenoxy) is 1. The van der Waals surface area contributed by atoms with Crippen molar-refractivity contribution < 1.29 is 19.1 Å². The second-order valence-electron chi connectivity index (χ2n) is 8.83. The SMILES string of the molecule is Cn1c(Br)cnc1C(=O)Nc1ccc(C(=O)N2CCC(NC(=O)OC(C)(C)C)CC2)c(Cl)c1. The van der Waals surface area contributed by atoms with E-state index in [9.17, 15) is 14.4 Å². The van der Waals surface area contributed by atoms with Crippen LogP contribution in [0.15, 0.2) is 29.0 Å². The Bertz CT molecular complexity index is 1060. The second-order valence-corrected chi connectivity index (χ2v) is 10.0. The van der Waals surface area contributed by atoms with Gasteiger partial charge in [0.05, 0.1) is 16.8 Å². The number of amides is 3. The molecule has 0 aliphatic carbocycles. The van der Waals surface area contributed by atoms with Gasteiger partial charge in [-0.3, -0.25) is 9.59 Å². The average Bonchev–Trinajstić information content (AvgIpc) is 3.05. The predicted octanol–water partition coefficient (Wildman–Crippen LogP) is 4.22. The van der Waals surface area contributed by atoms with E-state index < -0.39 is 17.6 Å². The largest absolute Gasteiger partial charge is 0.444 e. The molecule has 2 heterocycles. The van der Waals surface area contributed by atoms with E-state index >= 15 is 0 Å². The molecule has 1 aromatic carbocycles. The predicted molar refractivity (Wildman–Crippen MR) is 129 cm³/mol. The van der Waals surface area contributed by atoms with Crippen LogP contribution in [0, 0.1) is 0 Å².